The summed E-state index contributed by atoms with van der Waals surface area (Å²) in [6, 6.07) is 33.6. The Balaban J connectivity index is 1.96. The molecule has 0 N–H and O–H groups in total. The maximum absolute atomic E-state index is 2.45. The van der Waals surface area contributed by atoms with Crippen LogP contribution in [0.1, 0.15) is 11.1 Å². The van der Waals surface area contributed by atoms with E-state index in [9.17, 15) is 0 Å². The Hall–Kier alpha value is -2.38. The lowest BCUT2D eigenvalue weighted by Gasteiger charge is -2.22. The van der Waals surface area contributed by atoms with Gasteiger partial charge in [-0.1, -0.05) is 115 Å². The van der Waals surface area contributed by atoms with E-state index in [4.69, 9.17) is 0 Å². The van der Waals surface area contributed by atoms with Gasteiger partial charge in [-0.15, -0.1) is 0 Å². The molecule has 0 spiro atoms. The summed E-state index contributed by atoms with van der Waals surface area (Å²) in [6.07, 6.45) is 2.45. The summed E-state index contributed by atoms with van der Waals surface area (Å²) in [5, 5.41) is 1.52. The predicted octanol–water partition coefficient (Wildman–Crippen LogP) is 5.73. The van der Waals surface area contributed by atoms with Gasteiger partial charge in [0.25, 0.3) is 0 Å². The predicted molar refractivity (Wildman–Crippen MR) is 108 cm³/mol. The van der Waals surface area contributed by atoms with Gasteiger partial charge in [0.1, 0.15) is 0 Å². The van der Waals surface area contributed by atoms with Crippen LogP contribution in [0.4, 0.5) is 0 Å². The van der Waals surface area contributed by atoms with Gasteiger partial charge in [-0.2, -0.15) is 0 Å². The molecule has 3 aromatic rings. The Kier molecular flexibility index (Phi) is 5.12. The minimum absolute atomic E-state index is 1.14. The molecule has 120 valence electrons. The van der Waals surface area contributed by atoms with Crippen molar-refractivity contribution in [2.24, 2.45) is 0 Å². The third-order valence-electron chi connectivity index (χ3n) is 4.54. The lowest BCUT2D eigenvalue weighted by molar-refractivity contribution is 1.48. The summed E-state index contributed by atoms with van der Waals surface area (Å²) in [5.74, 6) is 0. The Bertz CT molecular complexity index is 746. The van der Waals surface area contributed by atoms with Crippen LogP contribution in [0.3, 0.4) is 0 Å². The molecule has 3 aromatic carbocycles. The minimum atomic E-state index is -1.48. The molecular formula is C23H24Si. The lowest BCUT2D eigenvalue weighted by atomic mass is 9.98. The number of benzene rings is 3. The summed E-state index contributed by atoms with van der Waals surface area (Å²) in [5.41, 5.74) is 3.93. The fourth-order valence-electron chi connectivity index (χ4n) is 3.00. The van der Waals surface area contributed by atoms with Gasteiger partial charge in [0, 0.05) is 0 Å². The molecule has 0 fully saturated rings. The highest BCUT2D eigenvalue weighted by Crippen LogP contribution is 2.25. The molecular weight excluding hydrogens is 304 g/mol. The number of rotatable bonds is 5. The van der Waals surface area contributed by atoms with Gasteiger partial charge in [-0.05, 0) is 22.7 Å². The maximum atomic E-state index is 2.45. The summed E-state index contributed by atoms with van der Waals surface area (Å²) in [7, 11) is -1.48. The number of hydrogen-bond donors (Lipinski definition) is 0. The quantitative estimate of drug-likeness (QED) is 0.524. The van der Waals surface area contributed by atoms with E-state index in [-0.39, 0.29) is 0 Å². The van der Waals surface area contributed by atoms with Crippen molar-refractivity contribution in [3.8, 4) is 0 Å². The first-order chi connectivity index (χ1) is 11.7. The van der Waals surface area contributed by atoms with Crippen LogP contribution in [0.2, 0.25) is 19.1 Å². The van der Waals surface area contributed by atoms with E-state index in [0.29, 0.717) is 0 Å². The molecule has 0 aliphatic rings. The van der Waals surface area contributed by atoms with E-state index < -0.39 is 8.07 Å². The summed E-state index contributed by atoms with van der Waals surface area (Å²) < 4.78 is 0. The first kappa shape index (κ1) is 16.5. The van der Waals surface area contributed by atoms with Crippen LogP contribution < -0.4 is 5.19 Å². The zero-order chi connectivity index (χ0) is 16.8. The lowest BCUT2D eigenvalue weighted by Crippen LogP contribution is -2.40. The van der Waals surface area contributed by atoms with Crippen molar-refractivity contribution in [1.82, 2.24) is 0 Å². The van der Waals surface area contributed by atoms with Crippen molar-refractivity contribution in [1.29, 1.82) is 0 Å². The highest BCUT2D eigenvalue weighted by Gasteiger charge is 2.22. The van der Waals surface area contributed by atoms with Crippen LogP contribution in [0.25, 0.3) is 5.57 Å². The Morgan fingerprint density at radius 2 is 1.08 bits per heavy atom. The van der Waals surface area contributed by atoms with E-state index in [1.54, 1.807) is 0 Å². The van der Waals surface area contributed by atoms with E-state index in [2.05, 4.69) is 110 Å². The monoisotopic (exact) mass is 328 g/mol. The molecule has 3 rings (SSSR count). The fourth-order valence-corrected chi connectivity index (χ4v) is 5.05. The zero-order valence-corrected chi connectivity index (χ0v) is 15.4. The molecule has 0 saturated heterocycles. The molecule has 0 aromatic heterocycles. The number of hydrogen-bond acceptors (Lipinski definition) is 0. The summed E-state index contributed by atoms with van der Waals surface area (Å²) >= 11 is 0. The molecule has 0 saturated carbocycles. The second-order valence-corrected chi connectivity index (χ2v) is 11.6. The van der Waals surface area contributed by atoms with Crippen molar-refractivity contribution in [2.45, 2.75) is 19.1 Å². The van der Waals surface area contributed by atoms with E-state index in [0.717, 1.165) is 6.04 Å². The van der Waals surface area contributed by atoms with Gasteiger partial charge in [0.15, 0.2) is 0 Å². The molecule has 0 aliphatic heterocycles. The smallest absolute Gasteiger partial charge is 0.0784 e. The average molecular weight is 329 g/mol. The van der Waals surface area contributed by atoms with E-state index in [1.807, 2.05) is 0 Å². The van der Waals surface area contributed by atoms with Crippen molar-refractivity contribution >= 4 is 18.8 Å². The third-order valence-corrected chi connectivity index (χ3v) is 7.66. The second kappa shape index (κ2) is 7.46. The van der Waals surface area contributed by atoms with E-state index in [1.165, 1.54) is 21.9 Å². The van der Waals surface area contributed by atoms with Crippen LogP contribution in [-0.4, -0.2) is 8.07 Å². The van der Waals surface area contributed by atoms with Crippen LogP contribution >= 0.6 is 0 Å². The van der Waals surface area contributed by atoms with Gasteiger partial charge in [-0.25, -0.2) is 0 Å². The van der Waals surface area contributed by atoms with Gasteiger partial charge in [0.05, 0.1) is 8.07 Å². The molecule has 0 radical (unpaired) electrons. The molecule has 0 bridgehead atoms. The molecule has 0 aliphatic carbocycles. The molecule has 0 atom stereocenters. The molecule has 24 heavy (non-hydrogen) atoms. The molecule has 0 unspecified atom stereocenters. The van der Waals surface area contributed by atoms with Crippen LogP contribution in [0.15, 0.2) is 97.1 Å². The van der Waals surface area contributed by atoms with Crippen molar-refractivity contribution in [2.75, 3.05) is 0 Å². The van der Waals surface area contributed by atoms with Gasteiger partial charge in [0.2, 0.25) is 0 Å². The standard InChI is InChI=1S/C23H24Si/c1-24(2,22-16-10-5-11-17-22)19-18-23(20-12-6-3-7-13-20)21-14-8-4-9-15-21/h3-18H,19H2,1-2H3. The van der Waals surface area contributed by atoms with Crippen LogP contribution in [0.5, 0.6) is 0 Å². The third kappa shape index (κ3) is 3.93. The van der Waals surface area contributed by atoms with Crippen LogP contribution in [0, 0.1) is 0 Å². The van der Waals surface area contributed by atoms with Crippen molar-refractivity contribution in [3.63, 3.8) is 0 Å². The van der Waals surface area contributed by atoms with Gasteiger partial charge in [-0.3, -0.25) is 0 Å². The largest absolute Gasteiger partial charge is 0.0843 e. The highest BCUT2D eigenvalue weighted by atomic mass is 28.3. The maximum Gasteiger partial charge on any atom is 0.0843 e. The molecule has 0 heterocycles. The van der Waals surface area contributed by atoms with Crippen molar-refractivity contribution in [3.05, 3.63) is 108 Å². The van der Waals surface area contributed by atoms with Crippen molar-refractivity contribution < 1.29 is 0 Å². The SMILES string of the molecule is C[Si](C)(CC=C(c1ccccc1)c1ccccc1)c1ccccc1. The number of allylic oxidation sites excluding steroid dienone is 1. The van der Waals surface area contributed by atoms with E-state index >= 15 is 0 Å². The van der Waals surface area contributed by atoms with Gasteiger partial charge < -0.3 is 0 Å². The van der Waals surface area contributed by atoms with Gasteiger partial charge >= 0.3 is 0 Å². The fraction of sp³-hybridized carbons (Fsp3) is 0.130. The molecule has 1 heteroatoms. The molecule has 0 amide bonds. The Morgan fingerprint density at radius 1 is 0.667 bits per heavy atom. The molecule has 0 nitrogen and oxygen atoms in total. The Labute approximate surface area is 146 Å². The average Bonchev–Trinajstić information content (AvgIpc) is 2.64. The second-order valence-electron chi connectivity index (χ2n) is 6.80. The zero-order valence-electron chi connectivity index (χ0n) is 14.4. The topological polar surface area (TPSA) is 0 Å². The highest BCUT2D eigenvalue weighted by molar-refractivity contribution is 6.90. The summed E-state index contributed by atoms with van der Waals surface area (Å²) in [6.45, 7) is 4.90. The normalized spacial score (nSPS) is 11.1. The van der Waals surface area contributed by atoms with Crippen LogP contribution in [-0.2, 0) is 0 Å². The first-order valence-corrected chi connectivity index (χ1v) is 11.7. The first-order valence-electron chi connectivity index (χ1n) is 8.53. The summed E-state index contributed by atoms with van der Waals surface area (Å²) in [4.78, 5) is 0. The Morgan fingerprint density at radius 3 is 1.54 bits per heavy atom. The minimum Gasteiger partial charge on any atom is -0.0784 e.